The largest absolute Gasteiger partial charge is 0.328 e. The fourth-order valence-electron chi connectivity index (χ4n) is 1.98. The van der Waals surface area contributed by atoms with E-state index in [0.29, 0.717) is 6.54 Å². The fourth-order valence-corrected chi connectivity index (χ4v) is 2.80. The van der Waals surface area contributed by atoms with Gasteiger partial charge in [-0.15, -0.1) is 0 Å². The summed E-state index contributed by atoms with van der Waals surface area (Å²) in [6, 6.07) is 7.71. The van der Waals surface area contributed by atoms with Crippen LogP contribution >= 0.6 is 11.8 Å². The lowest BCUT2D eigenvalue weighted by Crippen LogP contribution is -2.33. The second-order valence-corrected chi connectivity index (χ2v) is 5.55. The molecule has 2 amide bonds. The predicted octanol–water partition coefficient (Wildman–Crippen LogP) is 1.45. The van der Waals surface area contributed by atoms with Gasteiger partial charge in [-0.3, -0.25) is 15.0 Å². The molecule has 3 N–H and O–H groups in total. The van der Waals surface area contributed by atoms with Gasteiger partial charge in [0, 0.05) is 18.8 Å². The van der Waals surface area contributed by atoms with E-state index in [0.717, 1.165) is 23.4 Å². The van der Waals surface area contributed by atoms with Gasteiger partial charge in [-0.1, -0.05) is 36.0 Å². The van der Waals surface area contributed by atoms with Crippen LogP contribution < -0.4 is 11.3 Å². The zero-order valence-corrected chi connectivity index (χ0v) is 11.6. The Hall–Kier alpha value is -1.53. The van der Waals surface area contributed by atoms with Crippen LogP contribution in [0, 0.1) is 0 Å². The van der Waals surface area contributed by atoms with Crippen LogP contribution in [-0.2, 0) is 11.3 Å². The molecule has 0 aliphatic carbocycles. The number of hydrogen-bond acceptors (Lipinski definition) is 4. The summed E-state index contributed by atoms with van der Waals surface area (Å²) < 4.78 is 0. The Morgan fingerprint density at radius 2 is 2.16 bits per heavy atom. The molecule has 1 fully saturated rings. The van der Waals surface area contributed by atoms with E-state index in [2.05, 4.69) is 5.43 Å². The molecule has 1 aromatic rings. The number of nitrogens with zero attached hydrogens (tertiary/aromatic N) is 1. The average Bonchev–Trinajstić information content (AvgIpc) is 2.83. The number of amides is 2. The summed E-state index contributed by atoms with van der Waals surface area (Å²) in [4.78, 5) is 24.8. The average molecular weight is 279 g/mol. The summed E-state index contributed by atoms with van der Waals surface area (Å²) in [5, 5.41) is 0.139. The van der Waals surface area contributed by atoms with Crippen LogP contribution in [0.15, 0.2) is 24.3 Å². The summed E-state index contributed by atoms with van der Waals surface area (Å²) in [6.07, 6.45) is 0. The SMILES string of the molecule is CC(C(=O)NN)c1ccc(CN2CCSC2=O)cc1. The minimum Gasteiger partial charge on any atom is -0.328 e. The molecule has 1 atom stereocenters. The summed E-state index contributed by atoms with van der Waals surface area (Å²) in [7, 11) is 0. The molecule has 1 saturated heterocycles. The van der Waals surface area contributed by atoms with Crippen molar-refractivity contribution >= 4 is 22.9 Å². The van der Waals surface area contributed by atoms with Gasteiger partial charge >= 0.3 is 0 Å². The van der Waals surface area contributed by atoms with Crippen LogP contribution in [0.4, 0.5) is 4.79 Å². The Morgan fingerprint density at radius 1 is 1.47 bits per heavy atom. The predicted molar refractivity (Wildman–Crippen MR) is 75.5 cm³/mol. The second-order valence-electron chi connectivity index (χ2n) is 4.51. The number of benzene rings is 1. The molecule has 1 unspecified atom stereocenters. The van der Waals surface area contributed by atoms with Crippen molar-refractivity contribution in [1.82, 2.24) is 10.3 Å². The normalized spacial score (nSPS) is 16.5. The van der Waals surface area contributed by atoms with E-state index in [4.69, 9.17) is 5.84 Å². The first-order chi connectivity index (χ1) is 9.11. The summed E-state index contributed by atoms with van der Waals surface area (Å²) >= 11 is 1.36. The Morgan fingerprint density at radius 3 is 2.68 bits per heavy atom. The molecule has 1 aliphatic heterocycles. The molecule has 6 heteroatoms. The van der Waals surface area contributed by atoms with Gasteiger partial charge in [0.05, 0.1) is 5.92 Å². The highest BCUT2D eigenvalue weighted by atomic mass is 32.2. The van der Waals surface area contributed by atoms with Gasteiger partial charge in [-0.25, -0.2) is 5.84 Å². The maximum atomic E-state index is 11.5. The van der Waals surface area contributed by atoms with Crippen LogP contribution in [-0.4, -0.2) is 28.3 Å². The summed E-state index contributed by atoms with van der Waals surface area (Å²) in [5.74, 6) is 5.50. The zero-order chi connectivity index (χ0) is 13.8. The van der Waals surface area contributed by atoms with Gasteiger partial charge in [-0.05, 0) is 18.1 Å². The number of nitrogens with one attached hydrogen (secondary N) is 1. The molecule has 1 aromatic carbocycles. The Labute approximate surface area is 116 Å². The van der Waals surface area contributed by atoms with Gasteiger partial charge in [0.2, 0.25) is 5.91 Å². The van der Waals surface area contributed by atoms with Crippen molar-refractivity contribution in [3.8, 4) is 0 Å². The zero-order valence-electron chi connectivity index (χ0n) is 10.8. The standard InChI is InChI=1S/C13H17N3O2S/c1-9(12(17)15-14)11-4-2-10(3-5-11)8-16-6-7-19-13(16)18/h2-5,9H,6-8,14H2,1H3,(H,15,17). The number of carbonyl (C=O) groups is 2. The topological polar surface area (TPSA) is 75.4 Å². The molecule has 0 spiro atoms. The molecule has 0 saturated carbocycles. The molecule has 19 heavy (non-hydrogen) atoms. The highest BCUT2D eigenvalue weighted by Crippen LogP contribution is 2.21. The molecule has 0 radical (unpaired) electrons. The Kier molecular flexibility index (Phi) is 4.44. The third-order valence-electron chi connectivity index (χ3n) is 3.23. The molecule has 1 heterocycles. The van der Waals surface area contributed by atoms with E-state index < -0.39 is 0 Å². The lowest BCUT2D eigenvalue weighted by molar-refractivity contribution is -0.122. The number of rotatable bonds is 4. The first-order valence-corrected chi connectivity index (χ1v) is 7.11. The van der Waals surface area contributed by atoms with Crippen LogP contribution in [0.5, 0.6) is 0 Å². The molecule has 5 nitrogen and oxygen atoms in total. The molecule has 1 aliphatic rings. The van der Waals surface area contributed by atoms with Crippen molar-refractivity contribution in [3.63, 3.8) is 0 Å². The molecular formula is C13H17N3O2S. The van der Waals surface area contributed by atoms with E-state index in [1.165, 1.54) is 11.8 Å². The maximum absolute atomic E-state index is 11.5. The second kappa shape index (κ2) is 6.08. The molecular weight excluding hydrogens is 262 g/mol. The van der Waals surface area contributed by atoms with Crippen LogP contribution in [0.3, 0.4) is 0 Å². The van der Waals surface area contributed by atoms with E-state index in [9.17, 15) is 9.59 Å². The van der Waals surface area contributed by atoms with Crippen molar-refractivity contribution in [1.29, 1.82) is 0 Å². The molecule has 0 aromatic heterocycles. The number of hydrogen-bond donors (Lipinski definition) is 2. The van der Waals surface area contributed by atoms with Crippen LogP contribution in [0.2, 0.25) is 0 Å². The number of hydrazine groups is 1. The number of thioether (sulfide) groups is 1. The maximum Gasteiger partial charge on any atom is 0.282 e. The van der Waals surface area contributed by atoms with E-state index >= 15 is 0 Å². The van der Waals surface area contributed by atoms with Gasteiger partial charge in [0.25, 0.3) is 5.24 Å². The van der Waals surface area contributed by atoms with Gasteiger partial charge < -0.3 is 4.90 Å². The Bertz CT molecular complexity index is 475. The van der Waals surface area contributed by atoms with Gasteiger partial charge in [0.1, 0.15) is 0 Å². The fraction of sp³-hybridized carbons (Fsp3) is 0.385. The first-order valence-electron chi connectivity index (χ1n) is 6.13. The van der Waals surface area contributed by atoms with Crippen molar-refractivity contribution in [2.24, 2.45) is 5.84 Å². The lowest BCUT2D eigenvalue weighted by atomic mass is 9.99. The monoisotopic (exact) mass is 279 g/mol. The van der Waals surface area contributed by atoms with Crippen LogP contribution in [0.25, 0.3) is 0 Å². The molecule has 102 valence electrons. The van der Waals surface area contributed by atoms with E-state index in [-0.39, 0.29) is 17.1 Å². The first kappa shape index (κ1) is 13.9. The van der Waals surface area contributed by atoms with Crippen LogP contribution in [0.1, 0.15) is 24.0 Å². The van der Waals surface area contributed by atoms with E-state index in [1.807, 2.05) is 29.2 Å². The van der Waals surface area contributed by atoms with Crippen molar-refractivity contribution < 1.29 is 9.59 Å². The Balaban J connectivity index is 2.02. The third kappa shape index (κ3) is 3.27. The van der Waals surface area contributed by atoms with Crippen molar-refractivity contribution in [3.05, 3.63) is 35.4 Å². The number of nitrogens with two attached hydrogens (primary N) is 1. The minimum atomic E-state index is -0.275. The third-order valence-corrected chi connectivity index (χ3v) is 4.13. The lowest BCUT2D eigenvalue weighted by Gasteiger charge is -2.15. The van der Waals surface area contributed by atoms with E-state index in [1.54, 1.807) is 6.92 Å². The minimum absolute atomic E-state index is 0.139. The summed E-state index contributed by atoms with van der Waals surface area (Å²) in [6.45, 7) is 3.23. The number of carbonyl (C=O) groups excluding carboxylic acids is 2. The molecule has 0 bridgehead atoms. The smallest absolute Gasteiger partial charge is 0.282 e. The van der Waals surface area contributed by atoms with Gasteiger partial charge in [0.15, 0.2) is 0 Å². The van der Waals surface area contributed by atoms with Crippen molar-refractivity contribution in [2.75, 3.05) is 12.3 Å². The summed E-state index contributed by atoms with van der Waals surface area (Å²) in [5.41, 5.74) is 4.13. The molecule has 2 rings (SSSR count). The van der Waals surface area contributed by atoms with Gasteiger partial charge in [-0.2, -0.15) is 0 Å². The highest BCUT2D eigenvalue weighted by Gasteiger charge is 2.21. The van der Waals surface area contributed by atoms with Crippen molar-refractivity contribution in [2.45, 2.75) is 19.4 Å². The highest BCUT2D eigenvalue weighted by molar-refractivity contribution is 8.13. The quantitative estimate of drug-likeness (QED) is 0.497.